The second-order valence-corrected chi connectivity index (χ2v) is 4.11. The molecule has 4 heteroatoms. The Balaban J connectivity index is 2.01. The third-order valence-electron chi connectivity index (χ3n) is 2.66. The maximum atomic E-state index is 11.8. The highest BCUT2D eigenvalue weighted by atomic mass is 16.3. The maximum absolute atomic E-state index is 11.8. The molecule has 0 spiro atoms. The van der Waals surface area contributed by atoms with Crippen molar-refractivity contribution >= 4 is 12.1 Å². The molecule has 0 heterocycles. The summed E-state index contributed by atoms with van der Waals surface area (Å²) in [5.74, 6) is -0.0470. The first-order valence-corrected chi connectivity index (χ1v) is 5.85. The van der Waals surface area contributed by atoms with Crippen LogP contribution in [0.3, 0.4) is 0 Å². The van der Waals surface area contributed by atoms with E-state index >= 15 is 0 Å². The van der Waals surface area contributed by atoms with Gasteiger partial charge in [-0.25, -0.2) is 5.43 Å². The number of hydrogen-bond acceptors (Lipinski definition) is 3. The molecule has 0 aliphatic rings. The van der Waals surface area contributed by atoms with Crippen LogP contribution in [0.25, 0.3) is 0 Å². The number of hydrogen-bond donors (Lipinski definition) is 2. The quantitative estimate of drug-likeness (QED) is 0.653. The minimum atomic E-state index is -0.242. The van der Waals surface area contributed by atoms with Gasteiger partial charge in [-0.1, -0.05) is 18.2 Å². The van der Waals surface area contributed by atoms with Gasteiger partial charge in [0.05, 0.1) is 6.21 Å². The fourth-order valence-electron chi connectivity index (χ4n) is 1.61. The van der Waals surface area contributed by atoms with Gasteiger partial charge in [-0.05, 0) is 48.4 Å². The summed E-state index contributed by atoms with van der Waals surface area (Å²) in [5, 5.41) is 13.0. The van der Waals surface area contributed by atoms with Gasteiger partial charge >= 0.3 is 0 Å². The van der Waals surface area contributed by atoms with E-state index in [9.17, 15) is 4.79 Å². The molecule has 0 aromatic heterocycles. The number of rotatable bonds is 3. The normalized spacial score (nSPS) is 10.6. The van der Waals surface area contributed by atoms with Crippen LogP contribution in [0.15, 0.2) is 53.6 Å². The van der Waals surface area contributed by atoms with Gasteiger partial charge in [-0.15, -0.1) is 0 Å². The van der Waals surface area contributed by atoms with Gasteiger partial charge in [0.1, 0.15) is 5.75 Å². The molecule has 1 amide bonds. The highest BCUT2D eigenvalue weighted by Gasteiger charge is 2.05. The van der Waals surface area contributed by atoms with Crippen LogP contribution in [0, 0.1) is 6.92 Å². The van der Waals surface area contributed by atoms with Gasteiger partial charge < -0.3 is 5.11 Å². The van der Waals surface area contributed by atoms with Crippen molar-refractivity contribution in [2.24, 2.45) is 5.10 Å². The minimum absolute atomic E-state index is 0.195. The Hall–Kier alpha value is -2.62. The van der Waals surface area contributed by atoms with Crippen molar-refractivity contribution in [1.82, 2.24) is 5.43 Å². The minimum Gasteiger partial charge on any atom is -0.508 e. The van der Waals surface area contributed by atoms with Crippen LogP contribution in [0.2, 0.25) is 0 Å². The molecule has 2 aromatic carbocycles. The topological polar surface area (TPSA) is 61.7 Å². The van der Waals surface area contributed by atoms with E-state index in [1.165, 1.54) is 6.21 Å². The molecule has 4 nitrogen and oxygen atoms in total. The molecule has 0 bridgehead atoms. The molecular formula is C15H14N2O2. The standard InChI is InChI=1S/C15H14N2O2/c1-11-4-2-3-5-14(11)15(19)17-16-10-12-6-8-13(18)9-7-12/h2-10,18H,1H3,(H,17,19)/b16-10+. The molecule has 2 N–H and O–H groups in total. The molecule has 19 heavy (non-hydrogen) atoms. The van der Waals surface area contributed by atoms with Crippen LogP contribution in [0.4, 0.5) is 0 Å². The summed E-state index contributed by atoms with van der Waals surface area (Å²) < 4.78 is 0. The number of phenols is 1. The second-order valence-electron chi connectivity index (χ2n) is 4.11. The first kappa shape index (κ1) is 12.8. The monoisotopic (exact) mass is 254 g/mol. The third kappa shape index (κ3) is 3.42. The first-order chi connectivity index (χ1) is 9.16. The Morgan fingerprint density at radius 2 is 1.84 bits per heavy atom. The number of phenolic OH excluding ortho intramolecular Hbond substituents is 1. The second kappa shape index (κ2) is 5.82. The van der Waals surface area contributed by atoms with E-state index in [1.54, 1.807) is 30.3 Å². The van der Waals surface area contributed by atoms with Crippen molar-refractivity contribution in [3.8, 4) is 5.75 Å². The van der Waals surface area contributed by atoms with E-state index < -0.39 is 0 Å². The molecule has 96 valence electrons. The fraction of sp³-hybridized carbons (Fsp3) is 0.0667. The number of aromatic hydroxyl groups is 1. The molecule has 0 aliphatic carbocycles. The van der Waals surface area contributed by atoms with Gasteiger partial charge in [-0.3, -0.25) is 4.79 Å². The molecule has 2 rings (SSSR count). The zero-order valence-corrected chi connectivity index (χ0v) is 10.5. The first-order valence-electron chi connectivity index (χ1n) is 5.85. The van der Waals surface area contributed by atoms with Gasteiger partial charge in [0, 0.05) is 5.56 Å². The summed E-state index contributed by atoms with van der Waals surface area (Å²) in [4.78, 5) is 11.8. The average Bonchev–Trinajstić information content (AvgIpc) is 2.41. The third-order valence-corrected chi connectivity index (χ3v) is 2.66. The molecule has 0 radical (unpaired) electrons. The lowest BCUT2D eigenvalue weighted by Gasteiger charge is -2.02. The number of aryl methyl sites for hydroxylation is 1. The Bertz CT molecular complexity index is 604. The number of amides is 1. The van der Waals surface area contributed by atoms with Gasteiger partial charge in [0.2, 0.25) is 0 Å². The number of carbonyl (C=O) groups excluding carboxylic acids is 1. The maximum Gasteiger partial charge on any atom is 0.271 e. The summed E-state index contributed by atoms with van der Waals surface area (Å²) in [6.07, 6.45) is 1.52. The van der Waals surface area contributed by atoms with Crippen molar-refractivity contribution in [1.29, 1.82) is 0 Å². The van der Waals surface area contributed by atoms with Crippen molar-refractivity contribution in [3.63, 3.8) is 0 Å². The molecular weight excluding hydrogens is 240 g/mol. The summed E-state index contributed by atoms with van der Waals surface area (Å²) in [6.45, 7) is 1.87. The van der Waals surface area contributed by atoms with Gasteiger partial charge in [-0.2, -0.15) is 5.10 Å². The Labute approximate surface area is 111 Å². The number of hydrazone groups is 1. The largest absolute Gasteiger partial charge is 0.508 e. The van der Waals surface area contributed by atoms with Crippen LogP contribution >= 0.6 is 0 Å². The van der Waals surface area contributed by atoms with E-state index in [0.717, 1.165) is 11.1 Å². The molecule has 0 unspecified atom stereocenters. The van der Waals surface area contributed by atoms with Crippen molar-refractivity contribution < 1.29 is 9.90 Å². The lowest BCUT2D eigenvalue weighted by molar-refractivity contribution is 0.0954. The lowest BCUT2D eigenvalue weighted by Crippen LogP contribution is -2.18. The molecule has 0 saturated heterocycles. The predicted molar refractivity (Wildman–Crippen MR) is 74.3 cm³/mol. The SMILES string of the molecule is Cc1ccccc1C(=O)N/N=C/c1ccc(O)cc1. The predicted octanol–water partition coefficient (Wildman–Crippen LogP) is 2.46. The van der Waals surface area contributed by atoms with E-state index in [2.05, 4.69) is 10.5 Å². The molecule has 0 fully saturated rings. The number of carbonyl (C=O) groups is 1. The van der Waals surface area contributed by atoms with Crippen LogP contribution in [-0.4, -0.2) is 17.2 Å². The smallest absolute Gasteiger partial charge is 0.271 e. The van der Waals surface area contributed by atoms with Crippen LogP contribution < -0.4 is 5.43 Å². The summed E-state index contributed by atoms with van der Waals surface area (Å²) in [6, 6.07) is 13.9. The zero-order chi connectivity index (χ0) is 13.7. The Kier molecular flexibility index (Phi) is 3.93. The van der Waals surface area contributed by atoms with Crippen LogP contribution in [0.5, 0.6) is 5.75 Å². The van der Waals surface area contributed by atoms with Crippen LogP contribution in [0.1, 0.15) is 21.5 Å². The van der Waals surface area contributed by atoms with Crippen molar-refractivity contribution in [2.45, 2.75) is 6.92 Å². The van der Waals surface area contributed by atoms with Crippen molar-refractivity contribution in [2.75, 3.05) is 0 Å². The average molecular weight is 254 g/mol. The Morgan fingerprint density at radius 1 is 1.16 bits per heavy atom. The van der Waals surface area contributed by atoms with E-state index in [0.29, 0.717) is 5.56 Å². The van der Waals surface area contributed by atoms with E-state index in [1.807, 2.05) is 25.1 Å². The molecule has 2 aromatic rings. The van der Waals surface area contributed by atoms with Gasteiger partial charge in [0.25, 0.3) is 5.91 Å². The lowest BCUT2D eigenvalue weighted by atomic mass is 10.1. The summed E-state index contributed by atoms with van der Waals surface area (Å²) in [7, 11) is 0. The highest BCUT2D eigenvalue weighted by Crippen LogP contribution is 2.08. The molecule has 0 atom stereocenters. The summed E-state index contributed by atoms with van der Waals surface area (Å²) in [5.41, 5.74) is 4.77. The highest BCUT2D eigenvalue weighted by molar-refractivity contribution is 5.96. The fourth-order valence-corrected chi connectivity index (χ4v) is 1.61. The summed E-state index contributed by atoms with van der Waals surface area (Å²) >= 11 is 0. The van der Waals surface area contributed by atoms with Crippen LogP contribution in [-0.2, 0) is 0 Å². The number of benzene rings is 2. The molecule has 0 saturated carbocycles. The Morgan fingerprint density at radius 3 is 2.53 bits per heavy atom. The van der Waals surface area contributed by atoms with E-state index in [-0.39, 0.29) is 11.7 Å². The zero-order valence-electron chi connectivity index (χ0n) is 10.5. The number of nitrogens with zero attached hydrogens (tertiary/aromatic N) is 1. The van der Waals surface area contributed by atoms with Gasteiger partial charge in [0.15, 0.2) is 0 Å². The number of nitrogens with one attached hydrogen (secondary N) is 1. The van der Waals surface area contributed by atoms with E-state index in [4.69, 9.17) is 5.11 Å². The molecule has 0 aliphatic heterocycles. The van der Waals surface area contributed by atoms with Crippen molar-refractivity contribution in [3.05, 3.63) is 65.2 Å².